The fraction of sp³-hybridized carbons (Fsp3) is 0.0625. The number of aromatic carboxylic acids is 1. The average Bonchev–Trinajstić information content (AvgIpc) is 2.53. The molecule has 110 valence electrons. The maximum Gasteiger partial charge on any atom is 0.335 e. The summed E-state index contributed by atoms with van der Waals surface area (Å²) in [5.41, 5.74) is 1.06. The Hall–Kier alpha value is -3.33. The number of hydrogen-bond donors (Lipinski definition) is 2. The van der Waals surface area contributed by atoms with Crippen LogP contribution in [0.3, 0.4) is 0 Å². The molecule has 6 heteroatoms. The van der Waals surface area contributed by atoms with Crippen LogP contribution in [0.15, 0.2) is 48.5 Å². The number of carboxylic acids is 1. The molecule has 1 amide bonds. The standard InChI is InChI=1S/C16H12N2O4/c17-9-11-2-1-3-14(8-11)22-10-15(19)18-13-6-4-12(5-7-13)16(20)21/h1-8H,10H2,(H,18,19)(H,20,21). The van der Waals surface area contributed by atoms with Crippen LogP contribution in [0.2, 0.25) is 0 Å². The Morgan fingerprint density at radius 3 is 2.55 bits per heavy atom. The van der Waals surface area contributed by atoms with Gasteiger partial charge in [0, 0.05) is 5.69 Å². The lowest BCUT2D eigenvalue weighted by molar-refractivity contribution is -0.118. The Kier molecular flexibility index (Phi) is 4.73. The summed E-state index contributed by atoms with van der Waals surface area (Å²) in [5, 5.41) is 20.1. The van der Waals surface area contributed by atoms with E-state index in [1.165, 1.54) is 30.3 Å². The largest absolute Gasteiger partial charge is 0.484 e. The topological polar surface area (TPSA) is 99.4 Å². The fourth-order valence-electron chi connectivity index (χ4n) is 1.70. The van der Waals surface area contributed by atoms with Gasteiger partial charge in [-0.3, -0.25) is 4.79 Å². The lowest BCUT2D eigenvalue weighted by Gasteiger charge is -2.08. The van der Waals surface area contributed by atoms with Crippen molar-refractivity contribution in [3.63, 3.8) is 0 Å². The molecule has 22 heavy (non-hydrogen) atoms. The molecule has 0 unspecified atom stereocenters. The highest BCUT2D eigenvalue weighted by Gasteiger charge is 2.06. The summed E-state index contributed by atoms with van der Waals surface area (Å²) in [6.07, 6.45) is 0. The number of carbonyl (C=O) groups is 2. The molecule has 0 atom stereocenters. The number of nitriles is 1. The molecule has 0 saturated carbocycles. The number of nitrogens with one attached hydrogen (secondary N) is 1. The average molecular weight is 296 g/mol. The molecule has 2 N–H and O–H groups in total. The molecule has 0 aliphatic heterocycles. The van der Waals surface area contributed by atoms with E-state index in [1.807, 2.05) is 6.07 Å². The second-order valence-electron chi connectivity index (χ2n) is 4.36. The molecule has 0 radical (unpaired) electrons. The van der Waals surface area contributed by atoms with Gasteiger partial charge in [-0.15, -0.1) is 0 Å². The van der Waals surface area contributed by atoms with Crippen LogP contribution < -0.4 is 10.1 Å². The zero-order valence-electron chi connectivity index (χ0n) is 11.4. The lowest BCUT2D eigenvalue weighted by atomic mass is 10.2. The normalized spacial score (nSPS) is 9.59. The van der Waals surface area contributed by atoms with Crippen LogP contribution in [0.25, 0.3) is 0 Å². The first-order valence-electron chi connectivity index (χ1n) is 6.34. The van der Waals surface area contributed by atoms with Crippen molar-refractivity contribution >= 4 is 17.6 Å². The molecule has 2 aromatic carbocycles. The number of benzene rings is 2. The van der Waals surface area contributed by atoms with Crippen LogP contribution in [-0.4, -0.2) is 23.6 Å². The van der Waals surface area contributed by atoms with E-state index in [9.17, 15) is 9.59 Å². The van der Waals surface area contributed by atoms with Crippen molar-refractivity contribution in [2.24, 2.45) is 0 Å². The second-order valence-corrected chi connectivity index (χ2v) is 4.36. The Morgan fingerprint density at radius 2 is 1.91 bits per heavy atom. The molecule has 6 nitrogen and oxygen atoms in total. The fourth-order valence-corrected chi connectivity index (χ4v) is 1.70. The lowest BCUT2D eigenvalue weighted by Crippen LogP contribution is -2.20. The minimum Gasteiger partial charge on any atom is -0.484 e. The number of ether oxygens (including phenoxy) is 1. The maximum atomic E-state index is 11.7. The highest BCUT2D eigenvalue weighted by atomic mass is 16.5. The number of carbonyl (C=O) groups excluding carboxylic acids is 1. The van der Waals surface area contributed by atoms with E-state index in [2.05, 4.69) is 5.32 Å². The van der Waals surface area contributed by atoms with Gasteiger partial charge in [0.15, 0.2) is 6.61 Å². The van der Waals surface area contributed by atoms with Gasteiger partial charge in [0.2, 0.25) is 0 Å². The number of rotatable bonds is 5. The third-order valence-electron chi connectivity index (χ3n) is 2.75. The molecule has 0 aliphatic rings. The van der Waals surface area contributed by atoms with E-state index >= 15 is 0 Å². The van der Waals surface area contributed by atoms with E-state index in [1.54, 1.807) is 18.2 Å². The van der Waals surface area contributed by atoms with Crippen molar-refractivity contribution in [2.45, 2.75) is 0 Å². The summed E-state index contributed by atoms with van der Waals surface area (Å²) in [4.78, 5) is 22.5. The summed E-state index contributed by atoms with van der Waals surface area (Å²) in [5.74, 6) is -0.987. The monoisotopic (exact) mass is 296 g/mol. The van der Waals surface area contributed by atoms with E-state index < -0.39 is 5.97 Å². The predicted octanol–water partition coefficient (Wildman–Crippen LogP) is 2.27. The highest BCUT2D eigenvalue weighted by molar-refractivity contribution is 5.93. The zero-order valence-corrected chi connectivity index (χ0v) is 11.4. The molecule has 0 saturated heterocycles. The molecule has 0 heterocycles. The molecule has 0 aromatic heterocycles. The van der Waals surface area contributed by atoms with Crippen molar-refractivity contribution in [3.05, 3.63) is 59.7 Å². The van der Waals surface area contributed by atoms with E-state index in [0.29, 0.717) is 17.0 Å². The molecule has 0 spiro atoms. The van der Waals surface area contributed by atoms with Crippen molar-refractivity contribution in [1.82, 2.24) is 0 Å². The molecular formula is C16H12N2O4. The molecule has 2 aromatic rings. The summed E-state index contributed by atoms with van der Waals surface area (Å²) in [6.45, 7) is -0.213. The van der Waals surface area contributed by atoms with Crippen molar-refractivity contribution in [2.75, 3.05) is 11.9 Å². The van der Waals surface area contributed by atoms with E-state index in [0.717, 1.165) is 0 Å². The van der Waals surface area contributed by atoms with Crippen LogP contribution in [0.1, 0.15) is 15.9 Å². The van der Waals surface area contributed by atoms with Crippen molar-refractivity contribution < 1.29 is 19.4 Å². The van der Waals surface area contributed by atoms with Crippen molar-refractivity contribution in [1.29, 1.82) is 5.26 Å². The SMILES string of the molecule is N#Cc1cccc(OCC(=O)Nc2ccc(C(=O)O)cc2)c1. The number of hydrogen-bond acceptors (Lipinski definition) is 4. The molecule has 0 aliphatic carbocycles. The third kappa shape index (κ3) is 4.08. The summed E-state index contributed by atoms with van der Waals surface area (Å²) < 4.78 is 5.29. The van der Waals surface area contributed by atoms with Crippen LogP contribution >= 0.6 is 0 Å². The third-order valence-corrected chi connectivity index (χ3v) is 2.75. The smallest absolute Gasteiger partial charge is 0.335 e. The molecule has 0 fully saturated rings. The Morgan fingerprint density at radius 1 is 1.18 bits per heavy atom. The predicted molar refractivity (Wildman–Crippen MR) is 78.7 cm³/mol. The zero-order chi connectivity index (χ0) is 15.9. The first-order valence-corrected chi connectivity index (χ1v) is 6.34. The maximum absolute atomic E-state index is 11.7. The van der Waals surface area contributed by atoms with Gasteiger partial charge in [0.1, 0.15) is 5.75 Å². The van der Waals surface area contributed by atoms with Gasteiger partial charge in [-0.05, 0) is 42.5 Å². The Bertz CT molecular complexity index is 733. The summed E-state index contributed by atoms with van der Waals surface area (Å²) in [6, 6.07) is 14.3. The van der Waals surface area contributed by atoms with Gasteiger partial charge in [-0.2, -0.15) is 5.26 Å². The molecule has 2 rings (SSSR count). The van der Waals surface area contributed by atoms with Gasteiger partial charge in [-0.1, -0.05) is 6.07 Å². The van der Waals surface area contributed by atoms with Gasteiger partial charge in [0.25, 0.3) is 5.91 Å². The molecular weight excluding hydrogens is 284 g/mol. The van der Waals surface area contributed by atoms with E-state index in [-0.39, 0.29) is 18.1 Å². The number of nitrogens with zero attached hydrogens (tertiary/aromatic N) is 1. The van der Waals surface area contributed by atoms with Gasteiger partial charge >= 0.3 is 5.97 Å². The van der Waals surface area contributed by atoms with Crippen LogP contribution in [0, 0.1) is 11.3 Å². The van der Waals surface area contributed by atoms with E-state index in [4.69, 9.17) is 15.1 Å². The first-order chi connectivity index (χ1) is 10.6. The van der Waals surface area contributed by atoms with Crippen LogP contribution in [0.5, 0.6) is 5.75 Å². The number of carboxylic acid groups (broad SMARTS) is 1. The Balaban J connectivity index is 1.90. The summed E-state index contributed by atoms with van der Waals surface area (Å²) >= 11 is 0. The second kappa shape index (κ2) is 6.90. The highest BCUT2D eigenvalue weighted by Crippen LogP contribution is 2.13. The van der Waals surface area contributed by atoms with Gasteiger partial charge in [-0.25, -0.2) is 4.79 Å². The van der Waals surface area contributed by atoms with Crippen LogP contribution in [-0.2, 0) is 4.79 Å². The number of anilines is 1. The quantitative estimate of drug-likeness (QED) is 0.881. The summed E-state index contributed by atoms with van der Waals surface area (Å²) in [7, 11) is 0. The minimum absolute atomic E-state index is 0.141. The van der Waals surface area contributed by atoms with Crippen molar-refractivity contribution in [3.8, 4) is 11.8 Å². The first kappa shape index (κ1) is 15.1. The Labute approximate surface area is 126 Å². The molecule has 0 bridgehead atoms. The minimum atomic E-state index is -1.03. The van der Waals surface area contributed by atoms with Gasteiger partial charge < -0.3 is 15.2 Å². The van der Waals surface area contributed by atoms with Crippen LogP contribution in [0.4, 0.5) is 5.69 Å². The van der Waals surface area contributed by atoms with Gasteiger partial charge in [0.05, 0.1) is 17.2 Å². The number of amides is 1.